The van der Waals surface area contributed by atoms with Crippen LogP contribution in [0.1, 0.15) is 31.2 Å². The minimum absolute atomic E-state index is 0.766. The Balaban J connectivity index is 1.37. The van der Waals surface area contributed by atoms with Gasteiger partial charge < -0.3 is 10.2 Å². The molecule has 0 spiro atoms. The molecule has 2 aliphatic heterocycles. The van der Waals surface area contributed by atoms with Crippen molar-refractivity contribution in [1.82, 2.24) is 15.2 Å². The third-order valence-corrected chi connectivity index (χ3v) is 4.89. The highest BCUT2D eigenvalue weighted by molar-refractivity contribution is 5.40. The highest BCUT2D eigenvalue weighted by Crippen LogP contribution is 2.24. The molecule has 4 nitrogen and oxygen atoms in total. The summed E-state index contributed by atoms with van der Waals surface area (Å²) in [5.74, 6) is 1.16. The fraction of sp³-hybridized carbons (Fsp3) is 0.688. The molecule has 1 aliphatic carbocycles. The van der Waals surface area contributed by atoms with E-state index in [0.717, 1.165) is 37.5 Å². The number of pyridine rings is 1. The monoisotopic (exact) mass is 272 g/mol. The first-order valence-electron chi connectivity index (χ1n) is 8.06. The molecule has 1 atom stereocenters. The summed E-state index contributed by atoms with van der Waals surface area (Å²) in [5.41, 5.74) is 1.31. The van der Waals surface area contributed by atoms with Crippen LogP contribution in [0.5, 0.6) is 0 Å². The minimum Gasteiger partial charge on any atom is -0.354 e. The lowest BCUT2D eigenvalue weighted by Crippen LogP contribution is -2.50. The van der Waals surface area contributed by atoms with E-state index in [9.17, 15) is 0 Å². The molecule has 0 amide bonds. The van der Waals surface area contributed by atoms with Crippen molar-refractivity contribution >= 4 is 5.82 Å². The van der Waals surface area contributed by atoms with E-state index < -0.39 is 0 Å². The maximum Gasteiger partial charge on any atom is 0.128 e. The largest absolute Gasteiger partial charge is 0.354 e. The average Bonchev–Trinajstić information content (AvgIpc) is 3.21. The standard InChI is InChI=1S/C16H24N4/c1-2-15-12-20(9-8-19(15)7-1)16-6-3-13(11-18-16)10-17-14-4-5-14/h3,6,11,14-15,17H,1-2,4-5,7-10,12H2. The Morgan fingerprint density at radius 1 is 1.15 bits per heavy atom. The maximum absolute atomic E-state index is 4.68. The van der Waals surface area contributed by atoms with Crippen LogP contribution in [0, 0.1) is 0 Å². The summed E-state index contributed by atoms with van der Waals surface area (Å²) in [6.45, 7) is 5.76. The van der Waals surface area contributed by atoms with E-state index in [1.807, 2.05) is 6.20 Å². The van der Waals surface area contributed by atoms with Gasteiger partial charge in [0.05, 0.1) is 0 Å². The van der Waals surface area contributed by atoms with Crippen molar-refractivity contribution in [3.8, 4) is 0 Å². The number of nitrogens with one attached hydrogen (secondary N) is 1. The molecule has 1 N–H and O–H groups in total. The van der Waals surface area contributed by atoms with Gasteiger partial charge in [-0.25, -0.2) is 4.98 Å². The summed E-state index contributed by atoms with van der Waals surface area (Å²) in [7, 11) is 0. The molecule has 4 heteroatoms. The predicted octanol–water partition coefficient (Wildman–Crippen LogP) is 1.62. The third kappa shape index (κ3) is 2.67. The van der Waals surface area contributed by atoms with Gasteiger partial charge in [0, 0.05) is 44.5 Å². The first-order valence-corrected chi connectivity index (χ1v) is 8.06. The second-order valence-electron chi connectivity index (χ2n) is 6.46. The molecule has 108 valence electrons. The van der Waals surface area contributed by atoms with E-state index in [4.69, 9.17) is 0 Å². The van der Waals surface area contributed by atoms with Gasteiger partial charge in [-0.15, -0.1) is 0 Å². The number of aromatic nitrogens is 1. The molecule has 0 bridgehead atoms. The zero-order valence-electron chi connectivity index (χ0n) is 12.1. The van der Waals surface area contributed by atoms with Gasteiger partial charge in [0.25, 0.3) is 0 Å². The predicted molar refractivity (Wildman–Crippen MR) is 80.9 cm³/mol. The van der Waals surface area contributed by atoms with Crippen LogP contribution in [0.3, 0.4) is 0 Å². The van der Waals surface area contributed by atoms with Gasteiger partial charge in [-0.2, -0.15) is 0 Å². The molecule has 3 heterocycles. The Bertz CT molecular complexity index is 454. The van der Waals surface area contributed by atoms with Gasteiger partial charge in [0.15, 0.2) is 0 Å². The number of hydrogen-bond donors (Lipinski definition) is 1. The normalized spacial score (nSPS) is 26.8. The first kappa shape index (κ1) is 12.6. The lowest BCUT2D eigenvalue weighted by atomic mass is 10.1. The van der Waals surface area contributed by atoms with Gasteiger partial charge in [-0.1, -0.05) is 6.07 Å². The summed E-state index contributed by atoms with van der Waals surface area (Å²) in [6, 6.07) is 5.97. The Labute approximate surface area is 121 Å². The summed E-state index contributed by atoms with van der Waals surface area (Å²) < 4.78 is 0. The number of fused-ring (bicyclic) bond motifs is 1. The van der Waals surface area contributed by atoms with Crippen LogP contribution >= 0.6 is 0 Å². The number of anilines is 1. The number of hydrogen-bond acceptors (Lipinski definition) is 4. The Morgan fingerprint density at radius 3 is 2.90 bits per heavy atom. The Morgan fingerprint density at radius 2 is 2.10 bits per heavy atom. The van der Waals surface area contributed by atoms with Crippen LogP contribution in [0.15, 0.2) is 18.3 Å². The molecule has 1 saturated carbocycles. The summed E-state index contributed by atoms with van der Waals surface area (Å²) in [5, 5.41) is 3.54. The van der Waals surface area contributed by atoms with Gasteiger partial charge >= 0.3 is 0 Å². The number of piperazine rings is 1. The maximum atomic E-state index is 4.68. The van der Waals surface area contributed by atoms with Crippen LogP contribution in [0.25, 0.3) is 0 Å². The van der Waals surface area contributed by atoms with Crippen LogP contribution in [-0.2, 0) is 6.54 Å². The van der Waals surface area contributed by atoms with Gasteiger partial charge in [-0.3, -0.25) is 4.90 Å². The average molecular weight is 272 g/mol. The molecule has 20 heavy (non-hydrogen) atoms. The molecular formula is C16H24N4. The molecule has 2 saturated heterocycles. The zero-order valence-corrected chi connectivity index (χ0v) is 12.1. The lowest BCUT2D eigenvalue weighted by Gasteiger charge is -2.38. The fourth-order valence-electron chi connectivity index (χ4n) is 3.46. The van der Waals surface area contributed by atoms with E-state index in [0.29, 0.717) is 0 Å². The summed E-state index contributed by atoms with van der Waals surface area (Å²) in [4.78, 5) is 9.79. The van der Waals surface area contributed by atoms with Gasteiger partial charge in [0.2, 0.25) is 0 Å². The van der Waals surface area contributed by atoms with Crippen LogP contribution in [0.4, 0.5) is 5.82 Å². The van der Waals surface area contributed by atoms with Crippen molar-refractivity contribution in [3.05, 3.63) is 23.9 Å². The van der Waals surface area contributed by atoms with Crippen molar-refractivity contribution in [2.24, 2.45) is 0 Å². The number of nitrogens with zero attached hydrogens (tertiary/aromatic N) is 3. The van der Waals surface area contributed by atoms with Crippen molar-refractivity contribution < 1.29 is 0 Å². The molecule has 4 rings (SSSR count). The van der Waals surface area contributed by atoms with Crippen LogP contribution in [-0.4, -0.2) is 48.1 Å². The van der Waals surface area contributed by atoms with Crippen molar-refractivity contribution in [2.75, 3.05) is 31.1 Å². The third-order valence-electron chi connectivity index (χ3n) is 4.89. The van der Waals surface area contributed by atoms with Crippen molar-refractivity contribution in [1.29, 1.82) is 0 Å². The van der Waals surface area contributed by atoms with Crippen molar-refractivity contribution in [3.63, 3.8) is 0 Å². The van der Waals surface area contributed by atoms with E-state index in [1.54, 1.807) is 0 Å². The highest BCUT2D eigenvalue weighted by Gasteiger charge is 2.30. The molecule has 0 radical (unpaired) electrons. The SMILES string of the molecule is c1cc(N2CCN3CCCC3C2)ncc1CNC1CC1. The second-order valence-corrected chi connectivity index (χ2v) is 6.46. The molecular weight excluding hydrogens is 248 g/mol. The Hall–Kier alpha value is -1.13. The van der Waals surface area contributed by atoms with E-state index in [2.05, 4.69) is 32.2 Å². The smallest absolute Gasteiger partial charge is 0.128 e. The Kier molecular flexibility index (Phi) is 3.36. The van der Waals surface area contributed by atoms with E-state index in [1.165, 1.54) is 44.3 Å². The second kappa shape index (κ2) is 5.34. The first-order chi connectivity index (χ1) is 9.88. The molecule has 3 aliphatic rings. The molecule has 3 fully saturated rings. The quantitative estimate of drug-likeness (QED) is 0.902. The zero-order chi connectivity index (χ0) is 13.4. The highest BCUT2D eigenvalue weighted by atomic mass is 15.3. The van der Waals surface area contributed by atoms with E-state index >= 15 is 0 Å². The van der Waals surface area contributed by atoms with Gasteiger partial charge in [0.1, 0.15) is 5.82 Å². The van der Waals surface area contributed by atoms with Crippen LogP contribution < -0.4 is 10.2 Å². The van der Waals surface area contributed by atoms with Gasteiger partial charge in [-0.05, 0) is 43.9 Å². The fourth-order valence-corrected chi connectivity index (χ4v) is 3.46. The molecule has 1 unspecified atom stereocenters. The lowest BCUT2D eigenvalue weighted by molar-refractivity contribution is 0.230. The molecule has 0 aromatic carbocycles. The molecule has 1 aromatic rings. The van der Waals surface area contributed by atoms with E-state index in [-0.39, 0.29) is 0 Å². The topological polar surface area (TPSA) is 31.4 Å². The number of rotatable bonds is 4. The summed E-state index contributed by atoms with van der Waals surface area (Å²) in [6.07, 6.45) is 7.47. The van der Waals surface area contributed by atoms with Crippen molar-refractivity contribution in [2.45, 2.75) is 44.3 Å². The molecule has 1 aromatic heterocycles. The van der Waals surface area contributed by atoms with Crippen LogP contribution in [0.2, 0.25) is 0 Å². The minimum atomic E-state index is 0.766. The summed E-state index contributed by atoms with van der Waals surface area (Å²) >= 11 is 0.